The van der Waals surface area contributed by atoms with Crippen LogP contribution in [0.1, 0.15) is 24.8 Å². The van der Waals surface area contributed by atoms with Crippen molar-refractivity contribution in [3.05, 3.63) is 78.1 Å². The van der Waals surface area contributed by atoms with Crippen LogP contribution in [0.25, 0.3) is 33.5 Å². The van der Waals surface area contributed by atoms with Crippen LogP contribution in [-0.2, 0) is 17.5 Å². The fourth-order valence-electron chi connectivity index (χ4n) is 5.19. The van der Waals surface area contributed by atoms with Gasteiger partial charge in [-0.15, -0.1) is 0 Å². The molecule has 2 aliphatic rings. The van der Waals surface area contributed by atoms with E-state index < -0.39 is 11.7 Å². The average Bonchev–Trinajstić information content (AvgIpc) is 3.53. The quantitative estimate of drug-likeness (QED) is 0.279. The van der Waals surface area contributed by atoms with Gasteiger partial charge in [-0.1, -0.05) is 36.4 Å². The number of fused-ring (bicyclic) bond motifs is 1. The van der Waals surface area contributed by atoms with E-state index in [0.717, 1.165) is 42.0 Å². The zero-order valence-corrected chi connectivity index (χ0v) is 20.0. The molecule has 1 aromatic heterocycles. The van der Waals surface area contributed by atoms with Gasteiger partial charge in [-0.25, -0.2) is 9.37 Å². The van der Waals surface area contributed by atoms with Crippen LogP contribution in [0.2, 0.25) is 0 Å². The van der Waals surface area contributed by atoms with Gasteiger partial charge in [0.05, 0.1) is 16.6 Å². The van der Waals surface area contributed by atoms with E-state index >= 15 is 0 Å². The number of nitrogens with zero attached hydrogens (tertiary/aromatic N) is 3. The minimum atomic E-state index is -4.46. The summed E-state index contributed by atoms with van der Waals surface area (Å²) in [4.78, 5) is 19.2. The second-order valence-corrected chi connectivity index (χ2v) is 10.0. The van der Waals surface area contributed by atoms with Crippen molar-refractivity contribution >= 4 is 16.9 Å². The van der Waals surface area contributed by atoms with Crippen molar-refractivity contribution in [2.75, 3.05) is 13.1 Å². The minimum Gasteiger partial charge on any atom is -0.342 e. The van der Waals surface area contributed by atoms with Gasteiger partial charge in [-0.3, -0.25) is 4.79 Å². The van der Waals surface area contributed by atoms with E-state index in [1.54, 1.807) is 12.1 Å². The van der Waals surface area contributed by atoms with Crippen molar-refractivity contribution < 1.29 is 22.4 Å². The van der Waals surface area contributed by atoms with Crippen molar-refractivity contribution in [1.29, 1.82) is 0 Å². The molecule has 1 amide bonds. The Morgan fingerprint density at radius 3 is 2.19 bits per heavy atom. The smallest absolute Gasteiger partial charge is 0.342 e. The lowest BCUT2D eigenvalue weighted by atomic mass is 10.0. The Morgan fingerprint density at radius 2 is 1.54 bits per heavy atom. The predicted octanol–water partition coefficient (Wildman–Crippen LogP) is 6.79. The Balaban J connectivity index is 1.36. The normalized spacial score (nSPS) is 18.1. The van der Waals surface area contributed by atoms with Gasteiger partial charge in [0, 0.05) is 31.1 Å². The van der Waals surface area contributed by atoms with E-state index in [0.29, 0.717) is 36.5 Å². The van der Waals surface area contributed by atoms with Gasteiger partial charge in [0.1, 0.15) is 11.6 Å². The van der Waals surface area contributed by atoms with Gasteiger partial charge in [0.15, 0.2) is 0 Å². The molecule has 0 N–H and O–H groups in total. The highest BCUT2D eigenvalue weighted by Gasteiger charge is 2.37. The van der Waals surface area contributed by atoms with Crippen LogP contribution >= 0.6 is 0 Å². The van der Waals surface area contributed by atoms with Crippen molar-refractivity contribution in [3.63, 3.8) is 0 Å². The van der Waals surface area contributed by atoms with Crippen molar-refractivity contribution in [1.82, 2.24) is 14.5 Å². The van der Waals surface area contributed by atoms with Gasteiger partial charge in [0.25, 0.3) is 0 Å². The molecule has 2 heterocycles. The van der Waals surface area contributed by atoms with Crippen molar-refractivity contribution in [3.8, 4) is 22.5 Å². The summed E-state index contributed by atoms with van der Waals surface area (Å²) in [6.45, 7) is 1.76. The topological polar surface area (TPSA) is 38.1 Å². The summed E-state index contributed by atoms with van der Waals surface area (Å²) in [5.74, 6) is 0.766. The van der Waals surface area contributed by atoms with E-state index in [1.807, 2.05) is 33.7 Å². The number of hydrogen-bond donors (Lipinski definition) is 0. The van der Waals surface area contributed by atoms with E-state index in [2.05, 4.69) is 0 Å². The number of likely N-dealkylation sites (tertiary alicyclic amines) is 1. The molecular formula is C29H25F4N3O. The van der Waals surface area contributed by atoms with Crippen LogP contribution in [0.4, 0.5) is 17.6 Å². The Morgan fingerprint density at radius 1 is 0.892 bits per heavy atom. The second kappa shape index (κ2) is 9.01. The molecule has 1 saturated heterocycles. The fourth-order valence-corrected chi connectivity index (χ4v) is 5.19. The van der Waals surface area contributed by atoms with E-state index in [9.17, 15) is 22.4 Å². The van der Waals surface area contributed by atoms with Crippen LogP contribution in [0, 0.1) is 17.7 Å². The first-order valence-corrected chi connectivity index (χ1v) is 12.5. The molecule has 0 bridgehead atoms. The zero-order valence-electron chi connectivity index (χ0n) is 20.0. The molecule has 1 atom stereocenters. The fraction of sp³-hybridized carbons (Fsp3) is 0.310. The third-order valence-corrected chi connectivity index (χ3v) is 7.36. The summed E-state index contributed by atoms with van der Waals surface area (Å²) in [6.07, 6.45) is -1.75. The number of aromatic nitrogens is 2. The van der Waals surface area contributed by atoms with Gasteiger partial charge >= 0.3 is 6.18 Å². The van der Waals surface area contributed by atoms with Crippen LogP contribution < -0.4 is 0 Å². The Hall–Kier alpha value is -3.68. The average molecular weight is 508 g/mol. The highest BCUT2D eigenvalue weighted by atomic mass is 19.4. The molecule has 1 saturated carbocycles. The summed E-state index contributed by atoms with van der Waals surface area (Å²) in [5.41, 5.74) is 2.75. The molecular weight excluding hydrogens is 482 g/mol. The monoisotopic (exact) mass is 507 g/mol. The third-order valence-electron chi connectivity index (χ3n) is 7.36. The molecule has 0 radical (unpaired) electrons. The number of amides is 1. The van der Waals surface area contributed by atoms with E-state index in [1.165, 1.54) is 24.3 Å². The second-order valence-electron chi connectivity index (χ2n) is 10.0. The molecule has 190 valence electrons. The summed E-state index contributed by atoms with van der Waals surface area (Å²) >= 11 is 0. The maximum Gasteiger partial charge on any atom is 0.416 e. The molecule has 3 aromatic carbocycles. The van der Waals surface area contributed by atoms with Gasteiger partial charge < -0.3 is 9.47 Å². The summed E-state index contributed by atoms with van der Waals surface area (Å²) in [5, 5.41) is 0. The number of alkyl halides is 3. The zero-order chi connectivity index (χ0) is 25.7. The van der Waals surface area contributed by atoms with Gasteiger partial charge in [-0.2, -0.15) is 13.2 Å². The Kier molecular flexibility index (Phi) is 5.77. The van der Waals surface area contributed by atoms with E-state index in [4.69, 9.17) is 4.98 Å². The number of carbonyl (C=O) groups is 1. The maximum absolute atomic E-state index is 13.5. The SMILES string of the molecule is O=C(C1CC1)N1CCC(Cn2c(-c3ccc(-c4ccc(F)cc4)cc3)nc3ccc(C(F)(F)F)cc32)C1. The van der Waals surface area contributed by atoms with Gasteiger partial charge in [-0.05, 0) is 66.6 Å². The molecule has 37 heavy (non-hydrogen) atoms. The summed E-state index contributed by atoms with van der Waals surface area (Å²) < 4.78 is 55.8. The predicted molar refractivity (Wildman–Crippen MR) is 133 cm³/mol. The first-order valence-electron chi connectivity index (χ1n) is 12.5. The summed E-state index contributed by atoms with van der Waals surface area (Å²) in [7, 11) is 0. The largest absolute Gasteiger partial charge is 0.416 e. The van der Waals surface area contributed by atoms with Crippen LogP contribution in [0.15, 0.2) is 66.7 Å². The minimum absolute atomic E-state index is 0.131. The van der Waals surface area contributed by atoms with Crippen molar-refractivity contribution in [2.24, 2.45) is 11.8 Å². The highest BCUT2D eigenvalue weighted by Crippen LogP contribution is 2.36. The number of carbonyl (C=O) groups excluding carboxylic acids is 1. The molecule has 4 nitrogen and oxygen atoms in total. The number of imidazole rings is 1. The van der Waals surface area contributed by atoms with E-state index in [-0.39, 0.29) is 23.6 Å². The molecule has 8 heteroatoms. The van der Waals surface area contributed by atoms with Crippen LogP contribution in [0.5, 0.6) is 0 Å². The molecule has 1 unspecified atom stereocenters. The molecule has 1 aliphatic heterocycles. The van der Waals surface area contributed by atoms with Crippen LogP contribution in [-0.4, -0.2) is 33.4 Å². The van der Waals surface area contributed by atoms with Gasteiger partial charge in [0.2, 0.25) is 5.91 Å². The first-order chi connectivity index (χ1) is 17.8. The maximum atomic E-state index is 13.5. The number of hydrogen-bond acceptors (Lipinski definition) is 2. The molecule has 2 fully saturated rings. The lowest BCUT2D eigenvalue weighted by Crippen LogP contribution is -2.30. The molecule has 0 spiro atoms. The number of halogens is 4. The summed E-state index contributed by atoms with van der Waals surface area (Å²) in [6, 6.07) is 17.4. The van der Waals surface area contributed by atoms with Crippen molar-refractivity contribution in [2.45, 2.75) is 32.0 Å². The molecule has 1 aliphatic carbocycles. The molecule has 6 rings (SSSR count). The third kappa shape index (κ3) is 4.72. The lowest BCUT2D eigenvalue weighted by Gasteiger charge is -2.18. The lowest BCUT2D eigenvalue weighted by molar-refractivity contribution is -0.137. The number of rotatable bonds is 5. The first kappa shape index (κ1) is 23.7. The molecule has 4 aromatic rings. The Bertz CT molecular complexity index is 1450. The van der Waals surface area contributed by atoms with Crippen LogP contribution in [0.3, 0.4) is 0 Å². The number of benzene rings is 3. The standard InChI is InChI=1S/C29H25F4N3O/c30-24-10-7-20(8-11-24)19-1-3-21(4-2-19)27-34-25-12-9-23(29(31,32)33)15-26(25)36(27)17-18-13-14-35(16-18)28(37)22-5-6-22/h1-4,7-12,15,18,22H,5-6,13-14,16-17H2. The highest BCUT2D eigenvalue weighted by molar-refractivity contribution is 5.82. The Labute approximate surface area is 211 Å².